The fraction of sp³-hybridized carbons (Fsp3) is 0.167. The predicted molar refractivity (Wildman–Crippen MR) is 124 cm³/mol. The van der Waals surface area contributed by atoms with E-state index in [1.165, 1.54) is 27.0 Å². The van der Waals surface area contributed by atoms with Gasteiger partial charge in [-0.25, -0.2) is 0 Å². The lowest BCUT2D eigenvalue weighted by molar-refractivity contribution is 0.205. The van der Waals surface area contributed by atoms with Crippen LogP contribution < -0.4 is 0 Å². The molecular weight excluding hydrogens is 444 g/mol. The Labute approximate surface area is 193 Å². The zero-order chi connectivity index (χ0) is 21.7. The molecule has 0 radical (unpaired) electrons. The Morgan fingerprint density at radius 1 is 1.03 bits per heavy atom. The van der Waals surface area contributed by atoms with E-state index in [9.17, 15) is 5.11 Å². The lowest BCUT2D eigenvalue weighted by atomic mass is 9.95. The predicted octanol–water partition coefficient (Wildman–Crippen LogP) is 5.56. The van der Waals surface area contributed by atoms with Gasteiger partial charge in [0.15, 0.2) is 5.76 Å². The number of rotatable bonds is 4. The Hall–Kier alpha value is -3.13. The van der Waals surface area contributed by atoms with Crippen LogP contribution in [0.4, 0.5) is 0 Å². The van der Waals surface area contributed by atoms with Crippen LogP contribution in [0.25, 0.3) is 16.5 Å². The molecule has 160 valence electrons. The van der Waals surface area contributed by atoms with Crippen LogP contribution in [-0.2, 0) is 13.0 Å². The summed E-state index contributed by atoms with van der Waals surface area (Å²) in [5.74, 6) is 1.10. The van der Waals surface area contributed by atoms with Crippen LogP contribution in [0.2, 0.25) is 5.02 Å². The van der Waals surface area contributed by atoms with Crippen LogP contribution in [0.15, 0.2) is 71.3 Å². The van der Waals surface area contributed by atoms with Gasteiger partial charge in [-0.15, -0.1) is 5.10 Å². The number of benzene rings is 2. The molecule has 0 amide bonds. The van der Waals surface area contributed by atoms with Crippen LogP contribution in [0.3, 0.4) is 0 Å². The molecular formula is C24H19ClN4O2S. The van der Waals surface area contributed by atoms with Crippen molar-refractivity contribution >= 4 is 27.9 Å². The summed E-state index contributed by atoms with van der Waals surface area (Å²) in [7, 11) is 0. The van der Waals surface area contributed by atoms with Crippen molar-refractivity contribution in [2.24, 2.45) is 0 Å². The SMILES string of the molecule is Oc1c([C@H](c2ccccc2Cl)N2CCc3ccccc3C2)sc2nc(-c3ccco3)nn12. The second kappa shape index (κ2) is 7.78. The Kier molecular flexibility index (Phi) is 4.75. The van der Waals surface area contributed by atoms with E-state index < -0.39 is 0 Å². The van der Waals surface area contributed by atoms with Gasteiger partial charge in [0.1, 0.15) is 0 Å². The molecule has 2 aromatic carbocycles. The maximum atomic E-state index is 11.2. The molecule has 0 bridgehead atoms. The Bertz CT molecular complexity index is 1410. The smallest absolute Gasteiger partial charge is 0.230 e. The van der Waals surface area contributed by atoms with Gasteiger partial charge in [-0.1, -0.05) is 65.4 Å². The molecule has 0 saturated carbocycles. The maximum absolute atomic E-state index is 11.2. The average molecular weight is 463 g/mol. The highest BCUT2D eigenvalue weighted by Gasteiger charge is 2.33. The number of aromatic hydroxyl groups is 1. The summed E-state index contributed by atoms with van der Waals surface area (Å²) in [6.07, 6.45) is 2.53. The summed E-state index contributed by atoms with van der Waals surface area (Å²) in [5, 5.41) is 16.4. The van der Waals surface area contributed by atoms with Gasteiger partial charge in [-0.2, -0.15) is 9.50 Å². The van der Waals surface area contributed by atoms with Crippen LogP contribution in [-0.4, -0.2) is 31.1 Å². The summed E-state index contributed by atoms with van der Waals surface area (Å²) < 4.78 is 6.89. The molecule has 1 aliphatic rings. The van der Waals surface area contributed by atoms with E-state index in [0.29, 0.717) is 21.6 Å². The normalized spacial score (nSPS) is 15.2. The van der Waals surface area contributed by atoms with E-state index >= 15 is 0 Å². The first-order valence-corrected chi connectivity index (χ1v) is 11.6. The monoisotopic (exact) mass is 462 g/mol. The number of hydrogen-bond donors (Lipinski definition) is 1. The van der Waals surface area contributed by atoms with Gasteiger partial charge in [-0.3, -0.25) is 4.90 Å². The molecule has 6 nitrogen and oxygen atoms in total. The number of aromatic nitrogens is 3. The van der Waals surface area contributed by atoms with Crippen molar-refractivity contribution in [1.82, 2.24) is 19.5 Å². The second-order valence-electron chi connectivity index (χ2n) is 7.81. The Balaban J connectivity index is 1.46. The molecule has 32 heavy (non-hydrogen) atoms. The minimum Gasteiger partial charge on any atom is -0.492 e. The van der Waals surface area contributed by atoms with E-state index in [2.05, 4.69) is 39.2 Å². The second-order valence-corrected chi connectivity index (χ2v) is 9.23. The lowest BCUT2D eigenvalue weighted by Gasteiger charge is -2.35. The molecule has 3 aromatic heterocycles. The minimum atomic E-state index is -0.211. The average Bonchev–Trinajstić information content (AvgIpc) is 3.54. The van der Waals surface area contributed by atoms with Gasteiger partial charge in [0.2, 0.25) is 16.7 Å². The summed E-state index contributed by atoms with van der Waals surface area (Å²) in [6, 6.07) is 19.7. The number of thiazole rings is 1. The zero-order valence-corrected chi connectivity index (χ0v) is 18.6. The van der Waals surface area contributed by atoms with Gasteiger partial charge in [0, 0.05) is 18.1 Å². The zero-order valence-electron chi connectivity index (χ0n) is 17.0. The topological polar surface area (TPSA) is 66.8 Å². The summed E-state index contributed by atoms with van der Waals surface area (Å²) in [6.45, 7) is 1.63. The highest BCUT2D eigenvalue weighted by molar-refractivity contribution is 7.17. The minimum absolute atomic E-state index is 0.0825. The Morgan fingerprint density at radius 3 is 2.62 bits per heavy atom. The third-order valence-electron chi connectivity index (χ3n) is 5.91. The molecule has 6 rings (SSSR count). The Morgan fingerprint density at radius 2 is 1.84 bits per heavy atom. The lowest BCUT2D eigenvalue weighted by Crippen LogP contribution is -2.34. The van der Waals surface area contributed by atoms with Crippen molar-refractivity contribution in [3.8, 4) is 17.5 Å². The van der Waals surface area contributed by atoms with E-state index in [1.807, 2.05) is 24.3 Å². The van der Waals surface area contributed by atoms with Gasteiger partial charge in [0.25, 0.3) is 0 Å². The third kappa shape index (κ3) is 3.21. The molecule has 0 fully saturated rings. The quantitative estimate of drug-likeness (QED) is 0.379. The van der Waals surface area contributed by atoms with E-state index in [1.54, 1.807) is 18.4 Å². The van der Waals surface area contributed by atoms with E-state index in [4.69, 9.17) is 16.0 Å². The first-order chi connectivity index (χ1) is 15.7. The molecule has 4 heterocycles. The highest BCUT2D eigenvalue weighted by atomic mass is 35.5. The van der Waals surface area contributed by atoms with Crippen LogP contribution >= 0.6 is 22.9 Å². The van der Waals surface area contributed by atoms with Gasteiger partial charge in [-0.05, 0) is 41.3 Å². The summed E-state index contributed by atoms with van der Waals surface area (Å²) >= 11 is 8.08. The van der Waals surface area contributed by atoms with Gasteiger partial charge < -0.3 is 9.52 Å². The van der Waals surface area contributed by atoms with Crippen molar-refractivity contribution in [2.45, 2.75) is 19.0 Å². The van der Waals surface area contributed by atoms with E-state index in [0.717, 1.165) is 30.0 Å². The van der Waals surface area contributed by atoms with Crippen LogP contribution in [0.1, 0.15) is 27.6 Å². The maximum Gasteiger partial charge on any atom is 0.230 e. The van der Waals surface area contributed by atoms with Crippen molar-refractivity contribution in [3.63, 3.8) is 0 Å². The largest absolute Gasteiger partial charge is 0.492 e. The fourth-order valence-corrected chi connectivity index (χ4v) is 5.72. The number of nitrogens with zero attached hydrogens (tertiary/aromatic N) is 4. The van der Waals surface area contributed by atoms with Crippen molar-refractivity contribution < 1.29 is 9.52 Å². The molecule has 1 atom stereocenters. The highest BCUT2D eigenvalue weighted by Crippen LogP contribution is 2.43. The summed E-state index contributed by atoms with van der Waals surface area (Å²) in [5.41, 5.74) is 3.63. The molecule has 0 spiro atoms. The van der Waals surface area contributed by atoms with Gasteiger partial charge in [0.05, 0.1) is 17.2 Å². The molecule has 5 aromatic rings. The third-order valence-corrected chi connectivity index (χ3v) is 7.33. The summed E-state index contributed by atoms with van der Waals surface area (Å²) in [4.78, 5) is 8.33. The van der Waals surface area contributed by atoms with Crippen LogP contribution in [0.5, 0.6) is 5.88 Å². The number of fused-ring (bicyclic) bond motifs is 2. The van der Waals surface area contributed by atoms with Crippen molar-refractivity contribution in [2.75, 3.05) is 6.54 Å². The molecule has 0 aliphatic carbocycles. The van der Waals surface area contributed by atoms with Crippen LogP contribution in [0, 0.1) is 0 Å². The molecule has 8 heteroatoms. The van der Waals surface area contributed by atoms with Crippen molar-refractivity contribution in [1.29, 1.82) is 0 Å². The molecule has 0 saturated heterocycles. The number of halogens is 1. The molecule has 1 aliphatic heterocycles. The first kappa shape index (κ1) is 19.5. The van der Waals surface area contributed by atoms with Crippen molar-refractivity contribution in [3.05, 3.63) is 93.5 Å². The fourth-order valence-electron chi connectivity index (χ4n) is 4.38. The number of furan rings is 1. The molecule has 0 unspecified atom stereocenters. The first-order valence-electron chi connectivity index (χ1n) is 10.4. The standard InChI is InChI=1S/C24H19ClN4O2S/c25-18-9-4-3-8-17(18)20(28-12-11-15-6-1-2-7-16(15)14-28)21-23(30)29-24(32-21)26-22(27-29)19-10-5-13-31-19/h1-10,13,20,30H,11-12,14H2/t20-/m0/s1. The number of hydrogen-bond acceptors (Lipinski definition) is 6. The van der Waals surface area contributed by atoms with Gasteiger partial charge >= 0.3 is 0 Å². The molecule has 1 N–H and O–H groups in total. The van der Waals surface area contributed by atoms with E-state index in [-0.39, 0.29) is 11.9 Å².